The number of anilines is 1. The van der Waals surface area contributed by atoms with E-state index in [0.29, 0.717) is 30.9 Å². The minimum atomic E-state index is -0.397. The zero-order valence-electron chi connectivity index (χ0n) is 9.72. The minimum absolute atomic E-state index is 0.185. The van der Waals surface area contributed by atoms with Gasteiger partial charge in [-0.2, -0.15) is 0 Å². The van der Waals surface area contributed by atoms with Gasteiger partial charge in [-0.25, -0.2) is 4.79 Å². The van der Waals surface area contributed by atoms with Crippen LogP contribution in [0.2, 0.25) is 0 Å². The Hall–Kier alpha value is -1.75. The molecule has 1 saturated heterocycles. The minimum Gasteiger partial charge on any atom is -0.497 e. The molecule has 1 aromatic rings. The van der Waals surface area contributed by atoms with E-state index in [1.54, 1.807) is 24.1 Å². The number of carbonyl (C=O) groups is 1. The van der Waals surface area contributed by atoms with Crippen molar-refractivity contribution < 1.29 is 14.6 Å². The second kappa shape index (κ2) is 5.05. The number of rotatable bonds is 2. The maximum atomic E-state index is 11.8. The van der Waals surface area contributed by atoms with Crippen molar-refractivity contribution >= 4 is 11.7 Å². The van der Waals surface area contributed by atoms with Gasteiger partial charge < -0.3 is 20.1 Å². The third kappa shape index (κ3) is 2.88. The van der Waals surface area contributed by atoms with Gasteiger partial charge in [-0.3, -0.25) is 0 Å². The first kappa shape index (κ1) is 11.7. The fraction of sp³-hybridized carbons (Fsp3) is 0.417. The quantitative estimate of drug-likeness (QED) is 0.813. The normalized spacial score (nSPS) is 19.2. The largest absolute Gasteiger partial charge is 0.497 e. The molecule has 17 heavy (non-hydrogen) atoms. The number of β-amino-alcohol motifs (C(OH)–C–C–N with tert-alkyl or cyclic N) is 1. The van der Waals surface area contributed by atoms with Crippen LogP contribution in [0.3, 0.4) is 0 Å². The van der Waals surface area contributed by atoms with Crippen molar-refractivity contribution in [2.75, 3.05) is 25.5 Å². The van der Waals surface area contributed by atoms with Crippen LogP contribution < -0.4 is 10.1 Å². The van der Waals surface area contributed by atoms with Gasteiger partial charge in [-0.15, -0.1) is 0 Å². The average molecular weight is 236 g/mol. The number of nitrogens with one attached hydrogen (secondary N) is 1. The van der Waals surface area contributed by atoms with E-state index in [2.05, 4.69) is 5.32 Å². The molecule has 1 aromatic carbocycles. The van der Waals surface area contributed by atoms with Crippen LogP contribution in [0.1, 0.15) is 6.42 Å². The van der Waals surface area contributed by atoms with E-state index in [0.717, 1.165) is 0 Å². The third-order valence-electron chi connectivity index (χ3n) is 2.77. The number of hydrogen-bond donors (Lipinski definition) is 2. The molecule has 1 heterocycles. The number of aliphatic hydroxyl groups is 1. The molecule has 2 amide bonds. The molecule has 1 aliphatic heterocycles. The van der Waals surface area contributed by atoms with Gasteiger partial charge in [0.2, 0.25) is 0 Å². The molecule has 0 saturated carbocycles. The number of benzene rings is 1. The molecule has 0 bridgehead atoms. The number of ether oxygens (including phenoxy) is 1. The number of aliphatic hydroxyl groups excluding tert-OH is 1. The van der Waals surface area contributed by atoms with Crippen LogP contribution in [0, 0.1) is 0 Å². The SMILES string of the molecule is COc1cccc(NC(=O)N2CC[C@@H](O)C2)c1. The summed E-state index contributed by atoms with van der Waals surface area (Å²) in [5.74, 6) is 0.698. The van der Waals surface area contributed by atoms with Gasteiger partial charge in [0.05, 0.1) is 13.2 Å². The van der Waals surface area contributed by atoms with Gasteiger partial charge in [0.15, 0.2) is 0 Å². The molecule has 0 spiro atoms. The Morgan fingerprint density at radius 1 is 1.59 bits per heavy atom. The lowest BCUT2D eigenvalue weighted by Crippen LogP contribution is -2.33. The Labute approximate surface area is 100.0 Å². The summed E-state index contributed by atoms with van der Waals surface area (Å²) in [4.78, 5) is 13.4. The lowest BCUT2D eigenvalue weighted by molar-refractivity contribution is 0.176. The second-order valence-electron chi connectivity index (χ2n) is 4.05. The number of carbonyl (C=O) groups excluding carboxylic acids is 1. The van der Waals surface area contributed by atoms with Crippen LogP contribution in [0.4, 0.5) is 10.5 Å². The summed E-state index contributed by atoms with van der Waals surface area (Å²) in [6.07, 6.45) is 0.247. The predicted molar refractivity (Wildman–Crippen MR) is 64.2 cm³/mol. The van der Waals surface area contributed by atoms with Gasteiger partial charge in [-0.05, 0) is 18.6 Å². The number of nitrogens with zero attached hydrogens (tertiary/aromatic N) is 1. The monoisotopic (exact) mass is 236 g/mol. The van der Waals surface area contributed by atoms with Crippen molar-refractivity contribution in [2.45, 2.75) is 12.5 Å². The highest BCUT2D eigenvalue weighted by atomic mass is 16.5. The molecule has 5 heteroatoms. The highest BCUT2D eigenvalue weighted by Crippen LogP contribution is 2.18. The Morgan fingerprint density at radius 3 is 3.06 bits per heavy atom. The van der Waals surface area contributed by atoms with Crippen molar-refractivity contribution in [1.82, 2.24) is 4.90 Å². The molecule has 1 atom stereocenters. The molecule has 5 nitrogen and oxygen atoms in total. The first-order valence-electron chi connectivity index (χ1n) is 5.57. The Bertz CT molecular complexity index is 408. The maximum Gasteiger partial charge on any atom is 0.321 e. The van der Waals surface area contributed by atoms with Gasteiger partial charge in [0, 0.05) is 24.8 Å². The summed E-state index contributed by atoms with van der Waals surface area (Å²) in [6.45, 7) is 0.993. The van der Waals surface area contributed by atoms with E-state index in [1.165, 1.54) is 0 Å². The summed E-state index contributed by atoms with van der Waals surface area (Å²) >= 11 is 0. The molecule has 0 aliphatic carbocycles. The van der Waals surface area contributed by atoms with Gasteiger partial charge >= 0.3 is 6.03 Å². The molecular weight excluding hydrogens is 220 g/mol. The van der Waals surface area contributed by atoms with Crippen LogP contribution in [-0.2, 0) is 0 Å². The van der Waals surface area contributed by atoms with Crippen LogP contribution in [-0.4, -0.2) is 42.3 Å². The molecule has 0 unspecified atom stereocenters. The van der Waals surface area contributed by atoms with Gasteiger partial charge in [0.25, 0.3) is 0 Å². The van der Waals surface area contributed by atoms with Crippen LogP contribution in [0.25, 0.3) is 0 Å². The summed E-state index contributed by atoms with van der Waals surface area (Å²) in [6, 6.07) is 7.00. The molecule has 92 valence electrons. The number of hydrogen-bond acceptors (Lipinski definition) is 3. The second-order valence-corrected chi connectivity index (χ2v) is 4.05. The smallest absolute Gasteiger partial charge is 0.321 e. The van der Waals surface area contributed by atoms with Crippen molar-refractivity contribution in [3.8, 4) is 5.75 Å². The Kier molecular flexibility index (Phi) is 3.49. The summed E-state index contributed by atoms with van der Waals surface area (Å²) in [5, 5.41) is 12.1. The zero-order valence-corrected chi connectivity index (χ0v) is 9.72. The molecule has 0 radical (unpaired) electrons. The van der Waals surface area contributed by atoms with Crippen molar-refractivity contribution in [1.29, 1.82) is 0 Å². The lowest BCUT2D eigenvalue weighted by atomic mass is 10.3. The number of urea groups is 1. The van der Waals surface area contributed by atoms with E-state index in [4.69, 9.17) is 4.74 Å². The highest BCUT2D eigenvalue weighted by molar-refractivity contribution is 5.89. The van der Waals surface area contributed by atoms with Gasteiger partial charge in [0.1, 0.15) is 5.75 Å². The lowest BCUT2D eigenvalue weighted by Gasteiger charge is -2.16. The number of likely N-dealkylation sites (tertiary alicyclic amines) is 1. The summed E-state index contributed by atoms with van der Waals surface area (Å²) < 4.78 is 5.07. The van der Waals surface area contributed by atoms with Crippen LogP contribution >= 0.6 is 0 Å². The summed E-state index contributed by atoms with van der Waals surface area (Å²) in [7, 11) is 1.58. The van der Waals surface area contributed by atoms with Crippen molar-refractivity contribution in [3.63, 3.8) is 0 Å². The van der Waals surface area contributed by atoms with E-state index in [1.807, 2.05) is 12.1 Å². The highest BCUT2D eigenvalue weighted by Gasteiger charge is 2.24. The van der Waals surface area contributed by atoms with Crippen molar-refractivity contribution in [2.24, 2.45) is 0 Å². The predicted octanol–water partition coefficient (Wildman–Crippen LogP) is 1.29. The standard InChI is InChI=1S/C12H16N2O3/c1-17-11-4-2-3-9(7-11)13-12(16)14-6-5-10(15)8-14/h2-4,7,10,15H,5-6,8H2,1H3,(H,13,16)/t10-/m1/s1. The van der Waals surface area contributed by atoms with Crippen molar-refractivity contribution in [3.05, 3.63) is 24.3 Å². The molecule has 1 fully saturated rings. The zero-order chi connectivity index (χ0) is 12.3. The Balaban J connectivity index is 1.98. The first-order valence-corrected chi connectivity index (χ1v) is 5.57. The van der Waals surface area contributed by atoms with E-state index < -0.39 is 6.10 Å². The number of methoxy groups -OCH3 is 1. The third-order valence-corrected chi connectivity index (χ3v) is 2.77. The van der Waals surface area contributed by atoms with Crippen LogP contribution in [0.5, 0.6) is 5.75 Å². The fourth-order valence-corrected chi connectivity index (χ4v) is 1.83. The maximum absolute atomic E-state index is 11.8. The molecule has 2 N–H and O–H groups in total. The summed E-state index contributed by atoms with van der Waals surface area (Å²) in [5.41, 5.74) is 0.690. The average Bonchev–Trinajstić information content (AvgIpc) is 2.76. The molecule has 2 rings (SSSR count). The molecule has 1 aliphatic rings. The van der Waals surface area contributed by atoms with E-state index in [9.17, 15) is 9.90 Å². The van der Waals surface area contributed by atoms with Crippen LogP contribution in [0.15, 0.2) is 24.3 Å². The molecular formula is C12H16N2O3. The topological polar surface area (TPSA) is 61.8 Å². The van der Waals surface area contributed by atoms with Gasteiger partial charge in [-0.1, -0.05) is 6.07 Å². The molecule has 0 aromatic heterocycles. The first-order chi connectivity index (χ1) is 8.19. The fourth-order valence-electron chi connectivity index (χ4n) is 1.83. The van der Waals surface area contributed by atoms with E-state index in [-0.39, 0.29) is 6.03 Å². The Morgan fingerprint density at radius 2 is 2.41 bits per heavy atom. The van der Waals surface area contributed by atoms with E-state index >= 15 is 0 Å². The number of amides is 2.